The maximum atomic E-state index is 3.88. The topological polar surface area (TPSA) is 0 Å². The van der Waals surface area contributed by atoms with Gasteiger partial charge in [-0.2, -0.15) is 42.0 Å². The molecule has 0 aromatic heterocycles. The summed E-state index contributed by atoms with van der Waals surface area (Å²) in [5.41, 5.74) is 15.1. The van der Waals surface area contributed by atoms with Crippen molar-refractivity contribution in [1.82, 2.24) is 0 Å². The van der Waals surface area contributed by atoms with Crippen LogP contribution in [0, 0.1) is 18.2 Å². The number of hydrogen-bond acceptors (Lipinski definition) is 0. The molecule has 0 radical (unpaired) electrons. The second-order valence-corrected chi connectivity index (χ2v) is 16.0. The van der Waals surface area contributed by atoms with E-state index in [1.54, 1.807) is 0 Å². The molecule has 0 bridgehead atoms. The van der Waals surface area contributed by atoms with Gasteiger partial charge < -0.3 is 0 Å². The number of benzene rings is 5. The van der Waals surface area contributed by atoms with Crippen molar-refractivity contribution in [2.45, 2.75) is 91.4 Å². The zero-order valence-corrected chi connectivity index (χ0v) is 34.1. The van der Waals surface area contributed by atoms with Gasteiger partial charge in [0.15, 0.2) is 0 Å². The number of hydrogen-bond donors (Lipinski definition) is 0. The van der Waals surface area contributed by atoms with Crippen LogP contribution < -0.4 is 0 Å². The standard InChI is InChI=1S/C33H33.C10H13.C5H5.CH2.Zr/c1-32(2,3)30-20-26-24(18-28(30)22-13-9-7-10-14-22)17-25-19-29(23-15-11-8-12-16-23)31(21-27(25)26)33(4,5)6;1-10(2,3)9-7-5-4-6-8-9;1-2-4-5-3-1;;/h7-16,18,20-21H,17H2,1-6H3;5-8H,1-3H3;1-3H,4H2;1H2;/q3*-1;;. The van der Waals surface area contributed by atoms with E-state index in [0.717, 1.165) is 12.8 Å². The van der Waals surface area contributed by atoms with Gasteiger partial charge in [0.05, 0.1) is 0 Å². The van der Waals surface area contributed by atoms with Crippen molar-refractivity contribution in [1.29, 1.82) is 0 Å². The maximum absolute atomic E-state index is 3.88. The van der Waals surface area contributed by atoms with Gasteiger partial charge in [-0.25, -0.2) is 12.2 Å². The minimum absolute atomic E-state index is 0.0380. The van der Waals surface area contributed by atoms with Crippen molar-refractivity contribution in [2.24, 2.45) is 0 Å². The van der Waals surface area contributed by atoms with Crippen molar-refractivity contribution in [2.75, 3.05) is 0 Å². The summed E-state index contributed by atoms with van der Waals surface area (Å²) in [4.78, 5) is 0. The molecule has 2 aliphatic rings. The van der Waals surface area contributed by atoms with Crippen LogP contribution in [0.2, 0.25) is 0 Å². The van der Waals surface area contributed by atoms with E-state index in [1.807, 2.05) is 24.3 Å². The first-order chi connectivity index (χ1) is 23.7. The molecule has 0 fully saturated rings. The van der Waals surface area contributed by atoms with E-state index < -0.39 is 0 Å². The molecule has 0 saturated heterocycles. The van der Waals surface area contributed by atoms with E-state index in [9.17, 15) is 0 Å². The first-order valence-corrected chi connectivity index (χ1v) is 19.4. The van der Waals surface area contributed by atoms with Gasteiger partial charge in [0.1, 0.15) is 0 Å². The second kappa shape index (κ2) is 17.0. The third kappa shape index (κ3) is 9.98. The van der Waals surface area contributed by atoms with E-state index in [-0.39, 0.29) is 16.2 Å². The molecule has 5 aromatic carbocycles. The van der Waals surface area contributed by atoms with Crippen LogP contribution >= 0.6 is 0 Å². The van der Waals surface area contributed by atoms with Crippen LogP contribution in [0.1, 0.15) is 96.6 Å². The van der Waals surface area contributed by atoms with Gasteiger partial charge in [0, 0.05) is 0 Å². The Bertz CT molecular complexity index is 1770. The SMILES string of the molecule is CC(C)(C)c1cc2c([c-]c1-c1ccccc1)Cc1cc(-c3ccccc3)c(C(C)(C)C)cc1-2.CC(C)(C)c1cc[c-]cc1.[C-]1=CC=CC1.[CH2]=[Zr]. The molecular weight excluding hydrogens is 680 g/mol. The Morgan fingerprint density at radius 2 is 1.16 bits per heavy atom. The number of rotatable bonds is 2. The fraction of sp³-hybridized carbons (Fsp3) is 0.286. The average Bonchev–Trinajstić information content (AvgIpc) is 3.80. The van der Waals surface area contributed by atoms with Crippen LogP contribution in [0.15, 0.2) is 121 Å². The fourth-order valence-corrected chi connectivity index (χ4v) is 6.33. The summed E-state index contributed by atoms with van der Waals surface area (Å²) in [5, 5.41) is 0. The van der Waals surface area contributed by atoms with E-state index >= 15 is 0 Å². The Morgan fingerprint density at radius 3 is 1.62 bits per heavy atom. The van der Waals surface area contributed by atoms with Gasteiger partial charge in [-0.3, -0.25) is 6.08 Å². The Hall–Kier alpha value is -3.67. The van der Waals surface area contributed by atoms with Gasteiger partial charge in [0.2, 0.25) is 0 Å². The summed E-state index contributed by atoms with van der Waals surface area (Å²) in [6.07, 6.45) is 10.9. The van der Waals surface area contributed by atoms with Gasteiger partial charge in [0.25, 0.3) is 0 Å². The summed E-state index contributed by atoms with van der Waals surface area (Å²) >= 11 is 1.30. The molecule has 0 saturated carbocycles. The zero-order chi connectivity index (χ0) is 36.5. The molecule has 0 heterocycles. The Kier molecular flexibility index (Phi) is 13.3. The van der Waals surface area contributed by atoms with Crippen LogP contribution in [-0.2, 0) is 46.9 Å². The van der Waals surface area contributed by atoms with Crippen LogP contribution in [-0.4, -0.2) is 4.21 Å². The fourth-order valence-electron chi connectivity index (χ4n) is 6.33. The first-order valence-electron chi connectivity index (χ1n) is 17.7. The summed E-state index contributed by atoms with van der Waals surface area (Å²) < 4.78 is 3.34. The third-order valence-electron chi connectivity index (χ3n) is 8.99. The molecule has 0 unspecified atom stereocenters. The number of fused-ring (bicyclic) bond motifs is 3. The summed E-state index contributed by atoms with van der Waals surface area (Å²) in [6, 6.07) is 44.0. The van der Waals surface area contributed by atoms with Crippen molar-refractivity contribution < 1.29 is 24.2 Å². The zero-order valence-electron chi connectivity index (χ0n) is 31.7. The van der Waals surface area contributed by atoms with Crippen molar-refractivity contribution in [3.8, 4) is 33.4 Å². The molecule has 0 atom stereocenters. The second-order valence-electron chi connectivity index (χ2n) is 16.0. The van der Waals surface area contributed by atoms with Crippen molar-refractivity contribution in [3.05, 3.63) is 167 Å². The molecule has 2 aliphatic carbocycles. The monoisotopic (exact) mass is 731 g/mol. The molecule has 0 amide bonds. The van der Waals surface area contributed by atoms with Gasteiger partial charge >= 0.3 is 28.4 Å². The van der Waals surface area contributed by atoms with Crippen LogP contribution in [0.25, 0.3) is 33.4 Å². The normalized spacial score (nSPS) is 12.7. The molecule has 7 rings (SSSR count). The average molecular weight is 733 g/mol. The molecule has 5 aromatic rings. The molecule has 1 heteroatoms. The van der Waals surface area contributed by atoms with Crippen LogP contribution in [0.4, 0.5) is 0 Å². The molecule has 256 valence electrons. The van der Waals surface area contributed by atoms with Crippen LogP contribution in [0.5, 0.6) is 0 Å². The predicted molar refractivity (Wildman–Crippen MR) is 214 cm³/mol. The van der Waals surface area contributed by atoms with E-state index in [4.69, 9.17) is 0 Å². The summed E-state index contributed by atoms with van der Waals surface area (Å²) in [7, 11) is 0. The molecule has 0 N–H and O–H groups in total. The molecule has 0 nitrogen and oxygen atoms in total. The van der Waals surface area contributed by atoms with Crippen LogP contribution in [0.3, 0.4) is 0 Å². The van der Waals surface area contributed by atoms with E-state index in [0.29, 0.717) is 0 Å². The van der Waals surface area contributed by atoms with Crippen molar-refractivity contribution >= 4 is 4.21 Å². The molecule has 0 aliphatic heterocycles. The molecule has 50 heavy (non-hydrogen) atoms. The number of allylic oxidation sites excluding steroid dienone is 4. The molecular formula is C49H53Zr-3. The van der Waals surface area contributed by atoms with Gasteiger partial charge in [-0.1, -0.05) is 152 Å². The third-order valence-corrected chi connectivity index (χ3v) is 8.99. The summed E-state index contributed by atoms with van der Waals surface area (Å²) in [5.74, 6) is 0. The van der Waals surface area contributed by atoms with Gasteiger partial charge in [-0.05, 0) is 44.9 Å². The van der Waals surface area contributed by atoms with Crippen molar-refractivity contribution in [3.63, 3.8) is 0 Å². The first kappa shape index (κ1) is 39.1. The Labute approximate surface area is 318 Å². The predicted octanol–water partition coefficient (Wildman–Crippen LogP) is 13.0. The summed E-state index contributed by atoms with van der Waals surface area (Å²) in [6.45, 7) is 20.5. The molecule has 0 spiro atoms. The van der Waals surface area contributed by atoms with E-state index in [2.05, 4.69) is 182 Å². The van der Waals surface area contributed by atoms with Gasteiger partial charge in [-0.15, -0.1) is 35.2 Å². The quantitative estimate of drug-likeness (QED) is 0.156. The Morgan fingerprint density at radius 1 is 0.600 bits per heavy atom. The Balaban J connectivity index is 0.000000271. The minimum atomic E-state index is 0.0380. The van der Waals surface area contributed by atoms with E-state index in [1.165, 1.54) is 85.4 Å².